The molecule has 3 aliphatic rings. The van der Waals surface area contributed by atoms with E-state index in [1.54, 1.807) is 4.57 Å². The highest BCUT2D eigenvalue weighted by molar-refractivity contribution is 8.26. The van der Waals surface area contributed by atoms with Gasteiger partial charge in [0.05, 0.1) is 4.91 Å². The van der Waals surface area contributed by atoms with Crippen LogP contribution in [-0.4, -0.2) is 63.9 Å². The lowest BCUT2D eigenvalue weighted by Crippen LogP contribution is -2.47. The third-order valence-electron chi connectivity index (χ3n) is 7.42. The Bertz CT molecular complexity index is 1120. The number of thiocarbonyl (C=S) groups is 1. The van der Waals surface area contributed by atoms with E-state index in [1.807, 2.05) is 17.9 Å². The van der Waals surface area contributed by atoms with Gasteiger partial charge in [-0.25, -0.2) is 0 Å². The summed E-state index contributed by atoms with van der Waals surface area (Å²) in [5.74, 6) is 0.788. The Hall–Kier alpha value is -2.15. The molecule has 7 nitrogen and oxygen atoms in total. The maximum atomic E-state index is 13.5. The van der Waals surface area contributed by atoms with E-state index in [0.29, 0.717) is 21.3 Å². The average Bonchev–Trinajstić information content (AvgIpc) is 3.14. The monoisotopic (exact) mass is 513 g/mol. The van der Waals surface area contributed by atoms with Crippen molar-refractivity contribution in [1.82, 2.24) is 14.4 Å². The van der Waals surface area contributed by atoms with Gasteiger partial charge in [-0.3, -0.25) is 19.1 Å². The summed E-state index contributed by atoms with van der Waals surface area (Å²) in [6.07, 6.45) is 9.14. The third kappa shape index (κ3) is 5.20. The molecule has 1 amide bonds. The number of unbranched alkanes of at least 4 members (excludes halogenated alkanes) is 1. The van der Waals surface area contributed by atoms with Crippen LogP contribution in [0, 0.1) is 18.3 Å². The van der Waals surface area contributed by atoms with Gasteiger partial charge in [-0.2, -0.15) is 5.26 Å². The number of nitriles is 1. The van der Waals surface area contributed by atoms with Gasteiger partial charge in [-0.05, 0) is 44.9 Å². The maximum Gasteiger partial charge on any atom is 0.270 e. The van der Waals surface area contributed by atoms with Crippen LogP contribution in [0.5, 0.6) is 0 Å². The van der Waals surface area contributed by atoms with Gasteiger partial charge in [0.2, 0.25) is 0 Å². The number of pyridine rings is 1. The SMILES string of the molecule is CCCCn1c(N2CCN(C)CC2)c(C=C2SC(=S)N(C3CCCCC3)C2=O)c(C)c(C#N)c1=O. The average molecular weight is 514 g/mol. The molecule has 0 atom stereocenters. The number of piperazine rings is 1. The van der Waals surface area contributed by atoms with Crippen LogP contribution in [0.2, 0.25) is 0 Å². The second-order valence-electron chi connectivity index (χ2n) is 9.79. The molecule has 1 aromatic rings. The van der Waals surface area contributed by atoms with Gasteiger partial charge >= 0.3 is 0 Å². The molecule has 1 saturated carbocycles. The number of nitrogens with zero attached hydrogens (tertiary/aromatic N) is 5. The van der Waals surface area contributed by atoms with Crippen molar-refractivity contribution in [2.45, 2.75) is 71.4 Å². The summed E-state index contributed by atoms with van der Waals surface area (Å²) in [5.41, 5.74) is 1.36. The van der Waals surface area contributed by atoms with Crippen LogP contribution in [0.4, 0.5) is 5.82 Å². The van der Waals surface area contributed by atoms with Crippen molar-refractivity contribution < 1.29 is 4.79 Å². The summed E-state index contributed by atoms with van der Waals surface area (Å²) in [6.45, 7) is 7.84. The quantitative estimate of drug-likeness (QED) is 0.419. The van der Waals surface area contributed by atoms with Gasteiger partial charge in [0.25, 0.3) is 11.5 Å². The summed E-state index contributed by atoms with van der Waals surface area (Å²) in [5, 5.41) is 9.87. The normalized spacial score (nSPS) is 21.3. The number of rotatable bonds is 6. The lowest BCUT2D eigenvalue weighted by atomic mass is 9.94. The molecule has 4 rings (SSSR count). The zero-order valence-corrected chi connectivity index (χ0v) is 22.6. The molecule has 3 fully saturated rings. The molecule has 0 radical (unpaired) electrons. The highest BCUT2D eigenvalue weighted by atomic mass is 32.2. The molecule has 35 heavy (non-hydrogen) atoms. The molecule has 2 saturated heterocycles. The molecule has 2 aliphatic heterocycles. The van der Waals surface area contributed by atoms with E-state index in [0.717, 1.165) is 76.1 Å². The van der Waals surface area contributed by atoms with Crippen LogP contribution >= 0.6 is 24.0 Å². The highest BCUT2D eigenvalue weighted by Crippen LogP contribution is 2.39. The minimum atomic E-state index is -0.237. The summed E-state index contributed by atoms with van der Waals surface area (Å²) in [4.78, 5) is 33.9. The first-order valence-corrected chi connectivity index (χ1v) is 14.0. The van der Waals surface area contributed by atoms with Gasteiger partial charge in [-0.1, -0.05) is 56.6 Å². The number of hydrogen-bond donors (Lipinski definition) is 0. The Labute approximate surface area is 217 Å². The number of anilines is 1. The minimum Gasteiger partial charge on any atom is -0.355 e. The topological polar surface area (TPSA) is 72.6 Å². The molecule has 1 aromatic heterocycles. The fourth-order valence-corrected chi connectivity index (χ4v) is 6.67. The van der Waals surface area contributed by atoms with Gasteiger partial charge < -0.3 is 9.80 Å². The molecule has 0 unspecified atom stereocenters. The van der Waals surface area contributed by atoms with E-state index >= 15 is 0 Å². The van der Waals surface area contributed by atoms with E-state index in [4.69, 9.17) is 12.2 Å². The van der Waals surface area contributed by atoms with E-state index in [1.165, 1.54) is 18.2 Å². The van der Waals surface area contributed by atoms with Crippen molar-refractivity contribution in [2.24, 2.45) is 0 Å². The van der Waals surface area contributed by atoms with Gasteiger partial charge in [0.15, 0.2) is 0 Å². The summed E-state index contributed by atoms with van der Waals surface area (Å²) in [7, 11) is 2.10. The molecule has 3 heterocycles. The fourth-order valence-electron chi connectivity index (χ4n) is 5.29. The predicted molar refractivity (Wildman–Crippen MR) is 147 cm³/mol. The molecule has 0 bridgehead atoms. The van der Waals surface area contributed by atoms with Crippen LogP contribution in [0.3, 0.4) is 0 Å². The molecule has 9 heteroatoms. The Balaban J connectivity index is 1.83. The zero-order chi connectivity index (χ0) is 25.1. The van der Waals surface area contributed by atoms with Crippen LogP contribution in [0.15, 0.2) is 9.70 Å². The van der Waals surface area contributed by atoms with Crippen molar-refractivity contribution in [3.8, 4) is 6.07 Å². The van der Waals surface area contributed by atoms with Crippen LogP contribution in [0.25, 0.3) is 6.08 Å². The van der Waals surface area contributed by atoms with Crippen molar-refractivity contribution in [3.05, 3.63) is 31.9 Å². The predicted octanol–water partition coefficient (Wildman–Crippen LogP) is 4.11. The number of carbonyl (C=O) groups is 1. The second kappa shape index (κ2) is 11.3. The Morgan fingerprint density at radius 1 is 1.14 bits per heavy atom. The summed E-state index contributed by atoms with van der Waals surface area (Å²) < 4.78 is 2.39. The number of amides is 1. The first-order valence-electron chi connectivity index (χ1n) is 12.7. The Morgan fingerprint density at radius 2 is 1.83 bits per heavy atom. The first kappa shape index (κ1) is 25.9. The molecule has 0 spiro atoms. The number of aromatic nitrogens is 1. The summed E-state index contributed by atoms with van der Waals surface area (Å²) >= 11 is 7.00. The smallest absolute Gasteiger partial charge is 0.270 e. The fraction of sp³-hybridized carbons (Fsp3) is 0.615. The molecular weight excluding hydrogens is 478 g/mol. The van der Waals surface area contributed by atoms with Gasteiger partial charge in [0.1, 0.15) is 21.8 Å². The molecule has 0 N–H and O–H groups in total. The van der Waals surface area contributed by atoms with Crippen molar-refractivity contribution in [1.29, 1.82) is 5.26 Å². The van der Waals surface area contributed by atoms with E-state index in [9.17, 15) is 14.9 Å². The number of hydrogen-bond acceptors (Lipinski definition) is 7. The first-order chi connectivity index (χ1) is 16.9. The van der Waals surface area contributed by atoms with Gasteiger partial charge in [-0.15, -0.1) is 0 Å². The van der Waals surface area contributed by atoms with Crippen LogP contribution in [0.1, 0.15) is 68.6 Å². The standard InChI is InChI=1S/C26H35N5O2S2/c1-4-5-11-30-23(29-14-12-28(3)13-15-29)20(18(2)21(17-27)24(30)32)16-22-25(33)31(26(34)35-22)19-9-7-6-8-10-19/h16,19H,4-15H2,1-3H3. The van der Waals surface area contributed by atoms with Crippen LogP contribution < -0.4 is 10.5 Å². The van der Waals surface area contributed by atoms with Crippen molar-refractivity contribution >= 4 is 46.1 Å². The van der Waals surface area contributed by atoms with Crippen LogP contribution in [-0.2, 0) is 11.3 Å². The zero-order valence-electron chi connectivity index (χ0n) is 21.0. The highest BCUT2D eigenvalue weighted by Gasteiger charge is 2.38. The van der Waals surface area contributed by atoms with Gasteiger partial charge in [0, 0.05) is 44.3 Å². The third-order valence-corrected chi connectivity index (χ3v) is 8.75. The second-order valence-corrected chi connectivity index (χ2v) is 11.5. The summed E-state index contributed by atoms with van der Waals surface area (Å²) in [6, 6.07) is 2.32. The minimum absolute atomic E-state index is 0.0413. The maximum absolute atomic E-state index is 13.5. The molecule has 1 aliphatic carbocycles. The Morgan fingerprint density at radius 3 is 2.46 bits per heavy atom. The van der Waals surface area contributed by atoms with Crippen molar-refractivity contribution in [2.75, 3.05) is 38.1 Å². The van der Waals surface area contributed by atoms with Crippen molar-refractivity contribution in [3.63, 3.8) is 0 Å². The molecular formula is C26H35N5O2S2. The molecule has 0 aromatic carbocycles. The lowest BCUT2D eigenvalue weighted by molar-refractivity contribution is -0.124. The largest absolute Gasteiger partial charge is 0.355 e. The lowest BCUT2D eigenvalue weighted by Gasteiger charge is -2.36. The molecule has 188 valence electrons. The van der Waals surface area contributed by atoms with E-state index in [2.05, 4.69) is 29.8 Å². The number of thioether (sulfide) groups is 1. The number of likely N-dealkylation sites (N-methyl/N-ethyl adjacent to an activating group) is 1. The van der Waals surface area contributed by atoms with E-state index in [-0.39, 0.29) is 23.1 Å². The Kier molecular flexibility index (Phi) is 8.35. The number of carbonyl (C=O) groups excluding carboxylic acids is 1. The van der Waals surface area contributed by atoms with E-state index < -0.39 is 0 Å².